The molecule has 0 aliphatic rings. The zero-order valence-corrected chi connectivity index (χ0v) is 15.6. The molecule has 1 amide bonds. The molecule has 25 heavy (non-hydrogen) atoms. The Kier molecular flexibility index (Phi) is 6.25. The highest BCUT2D eigenvalue weighted by Gasteiger charge is 2.17. The van der Waals surface area contributed by atoms with E-state index >= 15 is 0 Å². The normalized spacial score (nSPS) is 9.88. The Morgan fingerprint density at radius 3 is 2.52 bits per heavy atom. The SMILES string of the molecule is CCOc1c(Br)cc(C(=O)Nc2cc(C#N)ccc2OC)cc1OC. The molecule has 0 aromatic heterocycles. The Morgan fingerprint density at radius 2 is 1.92 bits per heavy atom. The molecule has 2 aromatic rings. The second kappa shape index (κ2) is 8.40. The maximum atomic E-state index is 12.6. The number of anilines is 1. The summed E-state index contributed by atoms with van der Waals surface area (Å²) in [6.45, 7) is 2.33. The van der Waals surface area contributed by atoms with Crippen molar-refractivity contribution in [1.29, 1.82) is 5.26 Å². The second-order valence-electron chi connectivity index (χ2n) is 4.90. The molecular formula is C18H17BrN2O4. The zero-order valence-electron chi connectivity index (χ0n) is 14.1. The predicted octanol–water partition coefficient (Wildman–Crippen LogP) is 3.99. The number of nitrogens with zero attached hydrogens (tertiary/aromatic N) is 1. The summed E-state index contributed by atoms with van der Waals surface area (Å²) in [6.07, 6.45) is 0. The lowest BCUT2D eigenvalue weighted by atomic mass is 10.1. The third-order valence-electron chi connectivity index (χ3n) is 3.36. The molecule has 0 aliphatic heterocycles. The van der Waals surface area contributed by atoms with Crippen LogP contribution in [0.2, 0.25) is 0 Å². The van der Waals surface area contributed by atoms with Crippen molar-refractivity contribution < 1.29 is 19.0 Å². The van der Waals surface area contributed by atoms with Gasteiger partial charge in [-0.1, -0.05) is 0 Å². The Hall–Kier alpha value is -2.72. The van der Waals surface area contributed by atoms with E-state index in [0.29, 0.717) is 45.1 Å². The van der Waals surface area contributed by atoms with E-state index in [9.17, 15) is 4.79 Å². The third kappa shape index (κ3) is 4.22. The number of ether oxygens (including phenoxy) is 3. The minimum absolute atomic E-state index is 0.365. The van der Waals surface area contributed by atoms with Gasteiger partial charge in [0.15, 0.2) is 11.5 Å². The molecule has 0 bridgehead atoms. The molecule has 1 N–H and O–H groups in total. The van der Waals surface area contributed by atoms with E-state index < -0.39 is 0 Å². The highest BCUT2D eigenvalue weighted by atomic mass is 79.9. The van der Waals surface area contributed by atoms with Gasteiger partial charge in [-0.15, -0.1) is 0 Å². The summed E-state index contributed by atoms with van der Waals surface area (Å²) in [5.74, 6) is 1.07. The minimum Gasteiger partial charge on any atom is -0.495 e. The van der Waals surface area contributed by atoms with Gasteiger partial charge in [0.05, 0.1) is 42.6 Å². The van der Waals surface area contributed by atoms with Crippen molar-refractivity contribution in [2.45, 2.75) is 6.92 Å². The number of benzene rings is 2. The van der Waals surface area contributed by atoms with E-state index in [4.69, 9.17) is 19.5 Å². The van der Waals surface area contributed by atoms with Crippen LogP contribution >= 0.6 is 15.9 Å². The van der Waals surface area contributed by atoms with E-state index in [1.54, 1.807) is 30.3 Å². The van der Waals surface area contributed by atoms with E-state index in [1.807, 2.05) is 13.0 Å². The molecule has 0 unspecified atom stereocenters. The van der Waals surface area contributed by atoms with Crippen LogP contribution < -0.4 is 19.5 Å². The molecule has 6 nitrogen and oxygen atoms in total. The second-order valence-corrected chi connectivity index (χ2v) is 5.76. The quantitative estimate of drug-likeness (QED) is 0.786. The number of halogens is 1. The largest absolute Gasteiger partial charge is 0.495 e. The summed E-state index contributed by atoms with van der Waals surface area (Å²) >= 11 is 3.39. The van der Waals surface area contributed by atoms with Crippen LogP contribution in [0.1, 0.15) is 22.8 Å². The van der Waals surface area contributed by atoms with Crippen LogP contribution in [0.25, 0.3) is 0 Å². The number of hydrogen-bond acceptors (Lipinski definition) is 5. The molecule has 0 fully saturated rings. The van der Waals surface area contributed by atoms with E-state index in [1.165, 1.54) is 14.2 Å². The topological polar surface area (TPSA) is 80.6 Å². The number of nitriles is 1. The zero-order chi connectivity index (χ0) is 18.4. The van der Waals surface area contributed by atoms with Gasteiger partial charge in [-0.3, -0.25) is 4.79 Å². The Labute approximate surface area is 154 Å². The summed E-state index contributed by atoms with van der Waals surface area (Å²) in [6, 6.07) is 10.1. The van der Waals surface area contributed by atoms with Crippen LogP contribution in [0.3, 0.4) is 0 Å². The third-order valence-corrected chi connectivity index (χ3v) is 3.95. The molecule has 2 aromatic carbocycles. The van der Waals surface area contributed by atoms with Crippen LogP contribution in [0, 0.1) is 11.3 Å². The van der Waals surface area contributed by atoms with Gasteiger partial charge in [0.25, 0.3) is 5.91 Å². The van der Waals surface area contributed by atoms with Crippen LogP contribution in [-0.4, -0.2) is 26.7 Å². The van der Waals surface area contributed by atoms with Gasteiger partial charge in [-0.2, -0.15) is 5.26 Å². The first-order valence-electron chi connectivity index (χ1n) is 7.43. The number of methoxy groups -OCH3 is 2. The number of rotatable bonds is 6. The van der Waals surface area contributed by atoms with E-state index in [2.05, 4.69) is 21.2 Å². The van der Waals surface area contributed by atoms with Gasteiger partial charge in [0.2, 0.25) is 0 Å². The van der Waals surface area contributed by atoms with Crippen LogP contribution in [0.15, 0.2) is 34.8 Å². The van der Waals surface area contributed by atoms with Crippen molar-refractivity contribution in [2.24, 2.45) is 0 Å². The predicted molar refractivity (Wildman–Crippen MR) is 97.5 cm³/mol. The fourth-order valence-electron chi connectivity index (χ4n) is 2.21. The van der Waals surface area contributed by atoms with Crippen LogP contribution in [0.4, 0.5) is 5.69 Å². The van der Waals surface area contributed by atoms with Crippen molar-refractivity contribution in [3.05, 3.63) is 45.9 Å². The van der Waals surface area contributed by atoms with Crippen molar-refractivity contribution in [3.8, 4) is 23.3 Å². The van der Waals surface area contributed by atoms with Gasteiger partial charge in [-0.25, -0.2) is 0 Å². The van der Waals surface area contributed by atoms with Crippen LogP contribution in [-0.2, 0) is 0 Å². The van der Waals surface area contributed by atoms with Crippen molar-refractivity contribution >= 4 is 27.5 Å². The molecular weight excluding hydrogens is 388 g/mol. The average Bonchev–Trinajstić information content (AvgIpc) is 2.63. The molecule has 0 radical (unpaired) electrons. The smallest absolute Gasteiger partial charge is 0.255 e. The minimum atomic E-state index is -0.365. The lowest BCUT2D eigenvalue weighted by Crippen LogP contribution is -2.13. The first kappa shape index (κ1) is 18.6. The number of amides is 1. The average molecular weight is 405 g/mol. The van der Waals surface area contributed by atoms with Crippen molar-refractivity contribution in [2.75, 3.05) is 26.1 Å². The molecule has 0 saturated heterocycles. The Morgan fingerprint density at radius 1 is 1.20 bits per heavy atom. The molecule has 0 aliphatic carbocycles. The maximum Gasteiger partial charge on any atom is 0.255 e. The van der Waals surface area contributed by atoms with E-state index in [0.717, 1.165) is 0 Å². The first-order valence-corrected chi connectivity index (χ1v) is 8.23. The van der Waals surface area contributed by atoms with Crippen molar-refractivity contribution in [3.63, 3.8) is 0 Å². The summed E-state index contributed by atoms with van der Waals surface area (Å²) in [5, 5.41) is 11.8. The number of carbonyl (C=O) groups excluding carboxylic acids is 1. The summed E-state index contributed by atoms with van der Waals surface area (Å²) in [7, 11) is 3.00. The number of carbonyl (C=O) groups is 1. The Bertz CT molecular complexity index is 831. The monoisotopic (exact) mass is 404 g/mol. The molecule has 0 heterocycles. The molecule has 130 valence electrons. The Balaban J connectivity index is 2.36. The first-order chi connectivity index (χ1) is 12.0. The van der Waals surface area contributed by atoms with Crippen LogP contribution in [0.5, 0.6) is 17.2 Å². The van der Waals surface area contributed by atoms with Gasteiger partial charge in [-0.05, 0) is 53.2 Å². The molecule has 0 saturated carbocycles. The summed E-state index contributed by atoms with van der Waals surface area (Å²) in [5.41, 5.74) is 1.20. The van der Waals surface area contributed by atoms with Gasteiger partial charge in [0, 0.05) is 5.56 Å². The summed E-state index contributed by atoms with van der Waals surface area (Å²) in [4.78, 5) is 12.6. The van der Waals surface area contributed by atoms with E-state index in [-0.39, 0.29) is 5.91 Å². The molecule has 0 atom stereocenters. The molecule has 0 spiro atoms. The summed E-state index contributed by atoms with van der Waals surface area (Å²) < 4.78 is 16.6. The fourth-order valence-corrected chi connectivity index (χ4v) is 2.76. The van der Waals surface area contributed by atoms with Gasteiger partial charge < -0.3 is 19.5 Å². The van der Waals surface area contributed by atoms with Crippen molar-refractivity contribution in [1.82, 2.24) is 0 Å². The standard InChI is InChI=1S/C18H17BrN2O4/c1-4-25-17-13(19)8-12(9-16(17)24-3)18(22)21-14-7-11(10-20)5-6-15(14)23-2/h5-9H,4H2,1-3H3,(H,21,22). The van der Waals surface area contributed by atoms with Gasteiger partial charge in [0.1, 0.15) is 5.75 Å². The lowest BCUT2D eigenvalue weighted by Gasteiger charge is -2.14. The fraction of sp³-hybridized carbons (Fsp3) is 0.222. The highest BCUT2D eigenvalue weighted by molar-refractivity contribution is 9.10. The molecule has 2 rings (SSSR count). The number of nitrogens with one attached hydrogen (secondary N) is 1. The molecule has 7 heteroatoms. The van der Waals surface area contributed by atoms with Gasteiger partial charge >= 0.3 is 0 Å². The number of hydrogen-bond donors (Lipinski definition) is 1. The lowest BCUT2D eigenvalue weighted by molar-refractivity contribution is 0.102. The maximum absolute atomic E-state index is 12.6. The highest BCUT2D eigenvalue weighted by Crippen LogP contribution is 2.37.